The summed E-state index contributed by atoms with van der Waals surface area (Å²) in [5, 5.41) is 8.65. The summed E-state index contributed by atoms with van der Waals surface area (Å²) in [6.07, 6.45) is 0. The largest absolute Gasteiger partial charge is 0.385 e. The van der Waals surface area contributed by atoms with Gasteiger partial charge in [-0.1, -0.05) is 18.2 Å². The van der Waals surface area contributed by atoms with Gasteiger partial charge in [-0.05, 0) is 31.2 Å². The SMILES string of the molecule is CCN(c1ccccc1)c1ccc([N+]#N)cc1. The quantitative estimate of drug-likeness (QED) is 0.726. The van der Waals surface area contributed by atoms with E-state index < -0.39 is 0 Å². The molecule has 0 radical (unpaired) electrons. The Morgan fingerprint density at radius 2 is 1.53 bits per heavy atom. The van der Waals surface area contributed by atoms with Gasteiger partial charge in [0.05, 0.1) is 0 Å². The maximum Gasteiger partial charge on any atom is 0.385 e. The molecule has 2 aromatic carbocycles. The summed E-state index contributed by atoms with van der Waals surface area (Å²) in [7, 11) is 0. The van der Waals surface area contributed by atoms with Crippen LogP contribution in [0.15, 0.2) is 54.6 Å². The number of rotatable bonds is 3. The Bertz CT molecular complexity index is 511. The van der Waals surface area contributed by atoms with Crippen molar-refractivity contribution in [1.82, 2.24) is 0 Å². The van der Waals surface area contributed by atoms with Crippen molar-refractivity contribution in [3.05, 3.63) is 59.6 Å². The number of hydrogen-bond donors (Lipinski definition) is 0. The molecule has 17 heavy (non-hydrogen) atoms. The maximum absolute atomic E-state index is 8.65. The van der Waals surface area contributed by atoms with E-state index in [1.54, 1.807) is 12.1 Å². The van der Waals surface area contributed by atoms with Crippen molar-refractivity contribution in [2.75, 3.05) is 11.4 Å². The lowest BCUT2D eigenvalue weighted by Crippen LogP contribution is -2.15. The third-order valence-corrected chi connectivity index (χ3v) is 2.66. The van der Waals surface area contributed by atoms with Gasteiger partial charge < -0.3 is 4.90 Å². The molecule has 0 aliphatic rings. The normalized spacial score (nSPS) is 9.65. The highest BCUT2D eigenvalue weighted by Gasteiger charge is 2.09. The van der Waals surface area contributed by atoms with Crippen LogP contribution in [0.3, 0.4) is 0 Å². The van der Waals surface area contributed by atoms with Crippen LogP contribution in [-0.4, -0.2) is 6.54 Å². The highest BCUT2D eigenvalue weighted by Crippen LogP contribution is 2.26. The van der Waals surface area contributed by atoms with Gasteiger partial charge in [0.1, 0.15) is 0 Å². The predicted octanol–water partition coefficient (Wildman–Crippen LogP) is 4.33. The summed E-state index contributed by atoms with van der Waals surface area (Å²) in [6.45, 7) is 3.00. The summed E-state index contributed by atoms with van der Waals surface area (Å²) < 4.78 is 0. The van der Waals surface area contributed by atoms with Crippen LogP contribution < -0.4 is 4.90 Å². The molecule has 2 rings (SSSR count). The van der Waals surface area contributed by atoms with Crippen molar-refractivity contribution in [1.29, 1.82) is 5.39 Å². The number of nitrogens with zero attached hydrogens (tertiary/aromatic N) is 3. The van der Waals surface area contributed by atoms with Gasteiger partial charge in [-0.2, -0.15) is 0 Å². The minimum Gasteiger partial charge on any atom is -0.342 e. The lowest BCUT2D eigenvalue weighted by atomic mass is 10.2. The van der Waals surface area contributed by atoms with Crippen LogP contribution in [0.5, 0.6) is 0 Å². The molecular weight excluding hydrogens is 210 g/mol. The zero-order chi connectivity index (χ0) is 12.1. The summed E-state index contributed by atoms with van der Waals surface area (Å²) in [5.41, 5.74) is 2.81. The first-order chi connectivity index (χ1) is 8.35. The van der Waals surface area contributed by atoms with Gasteiger partial charge in [-0.15, -0.1) is 0 Å². The van der Waals surface area contributed by atoms with Crippen LogP contribution in [0.4, 0.5) is 17.1 Å². The molecule has 0 saturated carbocycles. The topological polar surface area (TPSA) is 31.4 Å². The van der Waals surface area contributed by atoms with E-state index in [1.165, 1.54) is 0 Å². The molecule has 3 nitrogen and oxygen atoms in total. The van der Waals surface area contributed by atoms with Crippen molar-refractivity contribution in [2.45, 2.75) is 6.92 Å². The summed E-state index contributed by atoms with van der Waals surface area (Å²) in [4.78, 5) is 5.35. The molecule has 0 saturated heterocycles. The highest BCUT2D eigenvalue weighted by molar-refractivity contribution is 5.65. The van der Waals surface area contributed by atoms with Gasteiger partial charge in [0.2, 0.25) is 5.39 Å². The van der Waals surface area contributed by atoms with E-state index in [0.29, 0.717) is 5.69 Å². The molecule has 0 fully saturated rings. The molecule has 84 valence electrons. The molecule has 0 aliphatic heterocycles. The lowest BCUT2D eigenvalue weighted by molar-refractivity contribution is 1.02. The second-order valence-corrected chi connectivity index (χ2v) is 3.70. The van der Waals surface area contributed by atoms with Crippen LogP contribution in [0.25, 0.3) is 4.98 Å². The van der Waals surface area contributed by atoms with E-state index in [4.69, 9.17) is 5.39 Å². The van der Waals surface area contributed by atoms with E-state index in [1.807, 2.05) is 30.3 Å². The molecule has 0 heterocycles. The molecule has 0 bridgehead atoms. The minimum absolute atomic E-state index is 0.567. The number of hydrogen-bond acceptors (Lipinski definition) is 2. The van der Waals surface area contributed by atoms with Crippen molar-refractivity contribution < 1.29 is 0 Å². The summed E-state index contributed by atoms with van der Waals surface area (Å²) in [6, 6.07) is 17.7. The number of benzene rings is 2. The first kappa shape index (κ1) is 11.2. The molecule has 0 aliphatic carbocycles. The fraction of sp³-hybridized carbons (Fsp3) is 0.143. The van der Waals surface area contributed by atoms with Gasteiger partial charge in [-0.25, -0.2) is 0 Å². The molecule has 0 spiro atoms. The molecule has 0 aromatic heterocycles. The van der Waals surface area contributed by atoms with Crippen LogP contribution in [-0.2, 0) is 0 Å². The van der Waals surface area contributed by atoms with Crippen molar-refractivity contribution >= 4 is 17.1 Å². The van der Waals surface area contributed by atoms with Gasteiger partial charge in [-0.3, -0.25) is 0 Å². The standard InChI is InChI=1S/C14H14N3/c1-2-17(13-6-4-3-5-7-13)14-10-8-12(16-15)9-11-14/h3-11H,2H2,1H3/q+1. The fourth-order valence-electron chi connectivity index (χ4n) is 1.82. The van der Waals surface area contributed by atoms with E-state index in [0.717, 1.165) is 17.9 Å². The zero-order valence-electron chi connectivity index (χ0n) is 9.74. The molecule has 0 amide bonds. The average molecular weight is 224 g/mol. The molecule has 0 atom stereocenters. The Morgan fingerprint density at radius 3 is 2.06 bits per heavy atom. The van der Waals surface area contributed by atoms with Crippen LogP contribution in [0, 0.1) is 5.39 Å². The Hall–Kier alpha value is -2.34. The number of anilines is 2. The Kier molecular flexibility index (Phi) is 3.37. The number of para-hydroxylation sites is 1. The minimum atomic E-state index is 0.567. The van der Waals surface area contributed by atoms with E-state index in [2.05, 4.69) is 28.9 Å². The van der Waals surface area contributed by atoms with Crippen LogP contribution in [0.1, 0.15) is 6.92 Å². The second-order valence-electron chi connectivity index (χ2n) is 3.70. The smallest absolute Gasteiger partial charge is 0.342 e. The molecule has 3 heteroatoms. The first-order valence-corrected chi connectivity index (χ1v) is 5.63. The zero-order valence-corrected chi connectivity index (χ0v) is 9.74. The Morgan fingerprint density at radius 1 is 0.941 bits per heavy atom. The highest BCUT2D eigenvalue weighted by atomic mass is 15.1. The van der Waals surface area contributed by atoms with E-state index in [9.17, 15) is 0 Å². The maximum atomic E-state index is 8.65. The monoisotopic (exact) mass is 224 g/mol. The lowest BCUT2D eigenvalue weighted by Gasteiger charge is -2.22. The van der Waals surface area contributed by atoms with Gasteiger partial charge in [0, 0.05) is 30.1 Å². The first-order valence-electron chi connectivity index (χ1n) is 5.63. The second kappa shape index (κ2) is 5.13. The summed E-state index contributed by atoms with van der Waals surface area (Å²) >= 11 is 0. The predicted molar refractivity (Wildman–Crippen MR) is 70.3 cm³/mol. The van der Waals surface area contributed by atoms with E-state index in [-0.39, 0.29) is 0 Å². The van der Waals surface area contributed by atoms with Gasteiger partial charge >= 0.3 is 5.69 Å². The fourth-order valence-corrected chi connectivity index (χ4v) is 1.82. The molecule has 0 N–H and O–H groups in total. The van der Waals surface area contributed by atoms with Crippen LogP contribution in [0.2, 0.25) is 0 Å². The average Bonchev–Trinajstić information content (AvgIpc) is 2.42. The van der Waals surface area contributed by atoms with Crippen molar-refractivity contribution in [3.8, 4) is 0 Å². The van der Waals surface area contributed by atoms with Crippen molar-refractivity contribution in [3.63, 3.8) is 0 Å². The van der Waals surface area contributed by atoms with Crippen molar-refractivity contribution in [2.24, 2.45) is 0 Å². The number of diazo groups is 1. The van der Waals surface area contributed by atoms with Gasteiger partial charge in [0.15, 0.2) is 4.98 Å². The third kappa shape index (κ3) is 2.43. The summed E-state index contributed by atoms with van der Waals surface area (Å²) in [5.74, 6) is 0. The molecule has 2 aromatic rings. The van der Waals surface area contributed by atoms with Crippen LogP contribution >= 0.6 is 0 Å². The van der Waals surface area contributed by atoms with E-state index >= 15 is 0 Å². The Labute approximate surface area is 101 Å². The molecular formula is C14H14N3+. The Balaban J connectivity index is 2.33. The van der Waals surface area contributed by atoms with Gasteiger partial charge in [0.25, 0.3) is 0 Å². The third-order valence-electron chi connectivity index (χ3n) is 2.66. The molecule has 0 unspecified atom stereocenters.